The van der Waals surface area contributed by atoms with Crippen molar-refractivity contribution in [3.05, 3.63) is 83.7 Å². The van der Waals surface area contributed by atoms with Gasteiger partial charge in [-0.2, -0.15) is 0 Å². The summed E-state index contributed by atoms with van der Waals surface area (Å²) >= 11 is 0. The number of rotatable bonds is 8. The first-order valence-electron chi connectivity index (χ1n) is 10.1. The van der Waals surface area contributed by atoms with Crippen molar-refractivity contribution in [1.82, 2.24) is 0 Å². The summed E-state index contributed by atoms with van der Waals surface area (Å²) in [6, 6.07) is 15.1. The second kappa shape index (κ2) is 10.3. The number of carbonyl (C=O) groups excluding carboxylic acids is 2. The average Bonchev–Trinajstić information content (AvgIpc) is 2.83. The van der Waals surface area contributed by atoms with Crippen molar-refractivity contribution in [3.8, 4) is 5.75 Å². The van der Waals surface area contributed by atoms with Crippen LogP contribution in [0, 0.1) is 12.7 Å². The molecule has 1 N–H and O–H groups in total. The van der Waals surface area contributed by atoms with Crippen LogP contribution in [0.4, 0.5) is 15.8 Å². The predicted molar refractivity (Wildman–Crippen MR) is 125 cm³/mol. The second-order valence-corrected chi connectivity index (χ2v) is 9.04. The van der Waals surface area contributed by atoms with Crippen LogP contribution >= 0.6 is 0 Å². The maximum Gasteiger partial charge on any atom is 0.338 e. The predicted octanol–water partition coefficient (Wildman–Crippen LogP) is 3.76. The molecule has 34 heavy (non-hydrogen) atoms. The number of amides is 1. The van der Waals surface area contributed by atoms with Crippen molar-refractivity contribution in [2.24, 2.45) is 0 Å². The monoisotopic (exact) mass is 486 g/mol. The zero-order chi connectivity index (χ0) is 24.9. The summed E-state index contributed by atoms with van der Waals surface area (Å²) in [5.41, 5.74) is 1.29. The van der Waals surface area contributed by atoms with Gasteiger partial charge in [0, 0.05) is 5.69 Å². The number of nitrogens with one attached hydrogen (secondary N) is 1. The van der Waals surface area contributed by atoms with Crippen LogP contribution in [0.2, 0.25) is 0 Å². The topological polar surface area (TPSA) is 102 Å². The Balaban J connectivity index is 1.95. The van der Waals surface area contributed by atoms with Crippen molar-refractivity contribution in [1.29, 1.82) is 0 Å². The van der Waals surface area contributed by atoms with E-state index in [9.17, 15) is 22.4 Å². The van der Waals surface area contributed by atoms with Gasteiger partial charge in [0.15, 0.2) is 0 Å². The Labute approximate surface area is 197 Å². The Morgan fingerprint density at radius 2 is 1.62 bits per heavy atom. The minimum absolute atomic E-state index is 0.179. The molecule has 178 valence electrons. The third-order valence-electron chi connectivity index (χ3n) is 5.06. The van der Waals surface area contributed by atoms with Gasteiger partial charge in [0.2, 0.25) is 5.91 Å². The molecule has 0 saturated heterocycles. The van der Waals surface area contributed by atoms with E-state index in [0.717, 1.165) is 28.6 Å². The number of benzene rings is 3. The molecule has 0 bridgehead atoms. The summed E-state index contributed by atoms with van der Waals surface area (Å²) < 4.78 is 50.9. The number of halogens is 1. The highest BCUT2D eigenvalue weighted by Crippen LogP contribution is 2.26. The van der Waals surface area contributed by atoms with Crippen LogP contribution in [-0.2, 0) is 19.6 Å². The smallest absolute Gasteiger partial charge is 0.338 e. The number of hydrogen-bond acceptors (Lipinski definition) is 6. The number of esters is 1. The quantitative estimate of drug-likeness (QED) is 0.487. The first-order valence-corrected chi connectivity index (χ1v) is 11.5. The molecule has 0 fully saturated rings. The molecule has 0 saturated carbocycles. The number of carbonyl (C=O) groups is 2. The normalized spacial score (nSPS) is 10.9. The lowest BCUT2D eigenvalue weighted by atomic mass is 10.1. The number of sulfonamides is 1. The van der Waals surface area contributed by atoms with Crippen molar-refractivity contribution in [2.45, 2.75) is 11.8 Å². The highest BCUT2D eigenvalue weighted by atomic mass is 32.2. The van der Waals surface area contributed by atoms with Gasteiger partial charge in [-0.3, -0.25) is 9.10 Å². The van der Waals surface area contributed by atoms with Crippen LogP contribution in [0.5, 0.6) is 5.75 Å². The van der Waals surface area contributed by atoms with Gasteiger partial charge in [-0.15, -0.1) is 0 Å². The van der Waals surface area contributed by atoms with Gasteiger partial charge in [0.25, 0.3) is 10.0 Å². The number of ether oxygens (including phenoxy) is 2. The van der Waals surface area contributed by atoms with Gasteiger partial charge in [-0.25, -0.2) is 17.6 Å². The lowest BCUT2D eigenvalue weighted by Crippen LogP contribution is -2.38. The summed E-state index contributed by atoms with van der Waals surface area (Å²) in [4.78, 5) is 24.7. The van der Waals surface area contributed by atoms with Gasteiger partial charge in [-0.05, 0) is 73.2 Å². The maximum absolute atomic E-state index is 13.4. The maximum atomic E-state index is 13.4. The fraction of sp³-hybridized carbons (Fsp3) is 0.167. The van der Waals surface area contributed by atoms with Crippen LogP contribution < -0.4 is 14.4 Å². The minimum atomic E-state index is -4.22. The Morgan fingerprint density at radius 3 is 2.21 bits per heavy atom. The Kier molecular flexibility index (Phi) is 7.52. The highest BCUT2D eigenvalue weighted by Gasteiger charge is 2.28. The molecule has 0 spiro atoms. The average molecular weight is 487 g/mol. The Bertz CT molecular complexity index is 1290. The van der Waals surface area contributed by atoms with E-state index in [0.29, 0.717) is 17.0 Å². The van der Waals surface area contributed by atoms with Crippen molar-refractivity contribution >= 4 is 33.3 Å². The standard InChI is InChI=1S/C24H23FN2O6S/c1-16-21(24(29)33-3)5-4-6-22(16)26-23(28)15-27(18-9-11-19(32-2)12-10-18)34(30,31)20-13-7-17(25)8-14-20/h4-14H,15H2,1-3H3,(H,26,28). The fourth-order valence-electron chi connectivity index (χ4n) is 3.22. The van der Waals surface area contributed by atoms with Gasteiger partial charge < -0.3 is 14.8 Å². The SMILES string of the molecule is COC(=O)c1cccc(NC(=O)CN(c2ccc(OC)cc2)S(=O)(=O)c2ccc(F)cc2)c1C. The third kappa shape index (κ3) is 5.34. The van der Waals surface area contributed by atoms with E-state index in [1.165, 1.54) is 26.4 Å². The van der Waals surface area contributed by atoms with E-state index in [1.807, 2.05) is 0 Å². The van der Waals surface area contributed by atoms with Crippen LogP contribution in [0.25, 0.3) is 0 Å². The molecule has 3 aromatic carbocycles. The van der Waals surface area contributed by atoms with E-state index < -0.39 is 34.3 Å². The molecule has 0 heterocycles. The molecule has 3 aromatic rings. The molecule has 1 amide bonds. The fourth-order valence-corrected chi connectivity index (χ4v) is 4.64. The molecular formula is C24H23FN2O6S. The lowest BCUT2D eigenvalue weighted by molar-refractivity contribution is -0.114. The van der Waals surface area contributed by atoms with Crippen LogP contribution in [0.3, 0.4) is 0 Å². The summed E-state index contributed by atoms with van der Waals surface area (Å²) in [6.07, 6.45) is 0. The molecule has 10 heteroatoms. The van der Waals surface area contributed by atoms with Gasteiger partial charge in [0.05, 0.1) is 30.4 Å². The first kappa shape index (κ1) is 24.7. The van der Waals surface area contributed by atoms with E-state index in [4.69, 9.17) is 9.47 Å². The van der Waals surface area contributed by atoms with E-state index >= 15 is 0 Å². The molecule has 0 aromatic heterocycles. The number of anilines is 2. The zero-order valence-corrected chi connectivity index (χ0v) is 19.6. The molecule has 0 radical (unpaired) electrons. The summed E-state index contributed by atoms with van der Waals surface area (Å²) in [5, 5.41) is 2.65. The molecule has 0 atom stereocenters. The van der Waals surface area contributed by atoms with Gasteiger partial charge in [-0.1, -0.05) is 6.07 Å². The molecule has 0 unspecified atom stereocenters. The van der Waals surface area contributed by atoms with Crippen LogP contribution in [0.15, 0.2) is 71.6 Å². The van der Waals surface area contributed by atoms with Crippen molar-refractivity contribution in [3.63, 3.8) is 0 Å². The van der Waals surface area contributed by atoms with Gasteiger partial charge in [0.1, 0.15) is 18.1 Å². The molecule has 8 nitrogen and oxygen atoms in total. The summed E-state index contributed by atoms with van der Waals surface area (Å²) in [6.45, 7) is 1.06. The number of hydrogen-bond donors (Lipinski definition) is 1. The number of nitrogens with zero attached hydrogens (tertiary/aromatic N) is 1. The number of methoxy groups -OCH3 is 2. The van der Waals surface area contributed by atoms with Gasteiger partial charge >= 0.3 is 5.97 Å². The van der Waals surface area contributed by atoms with Crippen LogP contribution in [-0.4, -0.2) is 41.1 Å². The summed E-state index contributed by atoms with van der Waals surface area (Å²) in [5.74, 6) is -1.30. The molecule has 3 rings (SSSR count). The van der Waals surface area contributed by atoms with E-state index in [1.54, 1.807) is 37.3 Å². The first-order chi connectivity index (χ1) is 16.2. The van der Waals surface area contributed by atoms with Crippen molar-refractivity contribution < 1.29 is 31.9 Å². The third-order valence-corrected chi connectivity index (χ3v) is 6.85. The highest BCUT2D eigenvalue weighted by molar-refractivity contribution is 7.92. The Hall–Kier alpha value is -3.92. The Morgan fingerprint density at radius 1 is 0.971 bits per heavy atom. The lowest BCUT2D eigenvalue weighted by Gasteiger charge is -2.24. The molecule has 0 aliphatic heterocycles. The van der Waals surface area contributed by atoms with Crippen molar-refractivity contribution in [2.75, 3.05) is 30.4 Å². The summed E-state index contributed by atoms with van der Waals surface area (Å²) in [7, 11) is -1.50. The molecular weight excluding hydrogens is 463 g/mol. The second-order valence-electron chi connectivity index (χ2n) is 7.18. The minimum Gasteiger partial charge on any atom is -0.497 e. The molecule has 0 aliphatic rings. The van der Waals surface area contributed by atoms with E-state index in [-0.39, 0.29) is 16.1 Å². The largest absolute Gasteiger partial charge is 0.497 e. The van der Waals surface area contributed by atoms with Crippen LogP contribution in [0.1, 0.15) is 15.9 Å². The zero-order valence-electron chi connectivity index (χ0n) is 18.7. The van der Waals surface area contributed by atoms with E-state index in [2.05, 4.69) is 5.32 Å². The molecule has 0 aliphatic carbocycles.